The van der Waals surface area contributed by atoms with Gasteiger partial charge in [0.25, 0.3) is 5.91 Å². The summed E-state index contributed by atoms with van der Waals surface area (Å²) < 4.78 is 15.8. The minimum atomic E-state index is -0.582. The quantitative estimate of drug-likeness (QED) is 0.620. The van der Waals surface area contributed by atoms with Crippen LogP contribution in [0.5, 0.6) is 11.5 Å². The SMILES string of the molecule is CCOc1ccc(CN(C)C(=O)COC(=O)COc2ccc(C)c(C)c2)cc1. The lowest BCUT2D eigenvalue weighted by molar-refractivity contribution is -0.153. The summed E-state index contributed by atoms with van der Waals surface area (Å²) in [6.07, 6.45) is 0. The lowest BCUT2D eigenvalue weighted by Crippen LogP contribution is -2.31. The fourth-order valence-electron chi connectivity index (χ4n) is 2.46. The number of likely N-dealkylation sites (N-methyl/N-ethyl adjacent to an activating group) is 1. The number of rotatable bonds is 9. The third-order valence-electron chi connectivity index (χ3n) is 4.27. The molecule has 0 N–H and O–H groups in total. The van der Waals surface area contributed by atoms with E-state index in [1.165, 1.54) is 4.90 Å². The average Bonchev–Trinajstić information content (AvgIpc) is 2.68. The number of aryl methyl sites for hydroxylation is 2. The standard InChI is InChI=1S/C22H27NO5/c1-5-26-19-10-7-18(8-11-19)13-23(4)21(24)14-28-22(25)15-27-20-9-6-16(2)17(3)12-20/h6-12H,5,13-15H2,1-4H3. The van der Waals surface area contributed by atoms with Gasteiger partial charge in [-0.25, -0.2) is 4.79 Å². The van der Waals surface area contributed by atoms with E-state index in [2.05, 4.69) is 0 Å². The van der Waals surface area contributed by atoms with Crippen LogP contribution < -0.4 is 9.47 Å². The van der Waals surface area contributed by atoms with E-state index in [-0.39, 0.29) is 19.1 Å². The van der Waals surface area contributed by atoms with Gasteiger partial charge < -0.3 is 19.1 Å². The van der Waals surface area contributed by atoms with Gasteiger partial charge in [0, 0.05) is 13.6 Å². The van der Waals surface area contributed by atoms with Crippen molar-refractivity contribution in [3.8, 4) is 11.5 Å². The van der Waals surface area contributed by atoms with Gasteiger partial charge in [0.2, 0.25) is 0 Å². The molecule has 0 spiro atoms. The van der Waals surface area contributed by atoms with Crippen LogP contribution >= 0.6 is 0 Å². The number of amides is 1. The van der Waals surface area contributed by atoms with Crippen LogP contribution in [0.15, 0.2) is 42.5 Å². The second-order valence-corrected chi connectivity index (χ2v) is 6.52. The maximum atomic E-state index is 12.2. The fraction of sp³-hybridized carbons (Fsp3) is 0.364. The number of hydrogen-bond donors (Lipinski definition) is 0. The number of hydrogen-bond acceptors (Lipinski definition) is 5. The van der Waals surface area contributed by atoms with Gasteiger partial charge >= 0.3 is 5.97 Å². The summed E-state index contributed by atoms with van der Waals surface area (Å²) in [5.41, 5.74) is 3.19. The first kappa shape index (κ1) is 21.3. The summed E-state index contributed by atoms with van der Waals surface area (Å²) in [5, 5.41) is 0. The zero-order chi connectivity index (χ0) is 20.5. The van der Waals surface area contributed by atoms with Crippen molar-refractivity contribution in [2.24, 2.45) is 0 Å². The molecule has 2 aromatic rings. The Hall–Kier alpha value is -3.02. The Kier molecular flexibility index (Phi) is 7.87. The van der Waals surface area contributed by atoms with E-state index in [4.69, 9.17) is 14.2 Å². The summed E-state index contributed by atoms with van der Waals surface area (Å²) in [7, 11) is 1.66. The van der Waals surface area contributed by atoms with Gasteiger partial charge in [-0.05, 0) is 61.7 Å². The van der Waals surface area contributed by atoms with Crippen LogP contribution in [-0.4, -0.2) is 43.6 Å². The Balaban J connectivity index is 1.73. The zero-order valence-corrected chi connectivity index (χ0v) is 16.9. The summed E-state index contributed by atoms with van der Waals surface area (Å²) in [6, 6.07) is 13.1. The monoisotopic (exact) mass is 385 g/mol. The first-order valence-electron chi connectivity index (χ1n) is 9.20. The number of benzene rings is 2. The molecule has 0 aliphatic heterocycles. The van der Waals surface area contributed by atoms with E-state index in [0.717, 1.165) is 22.4 Å². The third-order valence-corrected chi connectivity index (χ3v) is 4.27. The average molecular weight is 385 g/mol. The molecule has 0 heterocycles. The molecule has 2 aromatic carbocycles. The zero-order valence-electron chi connectivity index (χ0n) is 16.9. The van der Waals surface area contributed by atoms with Gasteiger partial charge in [-0.1, -0.05) is 18.2 Å². The molecule has 28 heavy (non-hydrogen) atoms. The molecule has 0 unspecified atom stereocenters. The predicted molar refractivity (Wildman–Crippen MR) is 106 cm³/mol. The van der Waals surface area contributed by atoms with Crippen LogP contribution in [0.2, 0.25) is 0 Å². The first-order valence-corrected chi connectivity index (χ1v) is 9.20. The maximum Gasteiger partial charge on any atom is 0.344 e. The lowest BCUT2D eigenvalue weighted by Gasteiger charge is -2.17. The smallest absolute Gasteiger partial charge is 0.344 e. The van der Waals surface area contributed by atoms with Gasteiger partial charge in [-0.15, -0.1) is 0 Å². The van der Waals surface area contributed by atoms with Gasteiger partial charge in [-0.2, -0.15) is 0 Å². The Labute approximate surface area is 166 Å². The van der Waals surface area contributed by atoms with Crippen molar-refractivity contribution >= 4 is 11.9 Å². The van der Waals surface area contributed by atoms with Crippen molar-refractivity contribution < 1.29 is 23.8 Å². The molecule has 0 radical (unpaired) electrons. The van der Waals surface area contributed by atoms with E-state index in [1.54, 1.807) is 13.1 Å². The van der Waals surface area contributed by atoms with Crippen LogP contribution in [0.4, 0.5) is 0 Å². The second-order valence-electron chi connectivity index (χ2n) is 6.52. The van der Waals surface area contributed by atoms with Crippen molar-refractivity contribution in [1.82, 2.24) is 4.90 Å². The normalized spacial score (nSPS) is 10.3. The molecule has 6 heteroatoms. The predicted octanol–water partition coefficient (Wildman–Crippen LogP) is 3.28. The highest BCUT2D eigenvalue weighted by molar-refractivity contribution is 5.80. The molecular weight excluding hydrogens is 358 g/mol. The molecule has 0 aliphatic rings. The van der Waals surface area contributed by atoms with Crippen LogP contribution in [0.25, 0.3) is 0 Å². The third kappa shape index (κ3) is 6.61. The lowest BCUT2D eigenvalue weighted by atomic mass is 10.1. The van der Waals surface area contributed by atoms with Crippen LogP contribution in [0, 0.1) is 13.8 Å². The Morgan fingerprint density at radius 1 is 0.893 bits per heavy atom. The number of carbonyl (C=O) groups is 2. The maximum absolute atomic E-state index is 12.2. The largest absolute Gasteiger partial charge is 0.494 e. The number of nitrogens with zero attached hydrogens (tertiary/aromatic N) is 1. The molecule has 0 atom stereocenters. The molecule has 150 valence electrons. The summed E-state index contributed by atoms with van der Waals surface area (Å²) in [5.74, 6) is 0.520. The Morgan fingerprint density at radius 3 is 2.21 bits per heavy atom. The molecule has 1 amide bonds. The van der Waals surface area contributed by atoms with Gasteiger partial charge in [0.1, 0.15) is 11.5 Å². The Bertz CT molecular complexity index is 801. The molecule has 0 bridgehead atoms. The van der Waals surface area contributed by atoms with Gasteiger partial charge in [0.15, 0.2) is 13.2 Å². The highest BCUT2D eigenvalue weighted by atomic mass is 16.6. The molecule has 0 saturated heterocycles. The highest BCUT2D eigenvalue weighted by Gasteiger charge is 2.13. The van der Waals surface area contributed by atoms with Gasteiger partial charge in [0.05, 0.1) is 6.61 Å². The topological polar surface area (TPSA) is 65.1 Å². The van der Waals surface area contributed by atoms with E-state index < -0.39 is 5.97 Å². The van der Waals surface area contributed by atoms with Crippen molar-refractivity contribution in [2.45, 2.75) is 27.3 Å². The fourth-order valence-corrected chi connectivity index (χ4v) is 2.46. The summed E-state index contributed by atoms with van der Waals surface area (Å²) in [4.78, 5) is 25.5. The minimum absolute atomic E-state index is 0.238. The second kappa shape index (κ2) is 10.3. The summed E-state index contributed by atoms with van der Waals surface area (Å²) >= 11 is 0. The van der Waals surface area contributed by atoms with Crippen molar-refractivity contribution in [3.63, 3.8) is 0 Å². The molecule has 0 aromatic heterocycles. The molecule has 0 saturated carbocycles. The van der Waals surface area contributed by atoms with Crippen molar-refractivity contribution in [1.29, 1.82) is 0 Å². The molecule has 2 rings (SSSR count). The van der Waals surface area contributed by atoms with E-state index in [9.17, 15) is 9.59 Å². The molecule has 6 nitrogen and oxygen atoms in total. The van der Waals surface area contributed by atoms with Crippen LogP contribution in [0.3, 0.4) is 0 Å². The van der Waals surface area contributed by atoms with E-state index in [0.29, 0.717) is 18.9 Å². The van der Waals surface area contributed by atoms with Crippen LogP contribution in [-0.2, 0) is 20.9 Å². The number of carbonyl (C=O) groups excluding carboxylic acids is 2. The minimum Gasteiger partial charge on any atom is -0.494 e. The number of ether oxygens (including phenoxy) is 3. The van der Waals surface area contributed by atoms with Gasteiger partial charge in [-0.3, -0.25) is 4.79 Å². The molecule has 0 aliphatic carbocycles. The van der Waals surface area contributed by atoms with E-state index in [1.807, 2.05) is 57.2 Å². The number of esters is 1. The van der Waals surface area contributed by atoms with Crippen molar-refractivity contribution in [3.05, 3.63) is 59.2 Å². The van der Waals surface area contributed by atoms with Crippen molar-refractivity contribution in [2.75, 3.05) is 26.9 Å². The molecule has 0 fully saturated rings. The van der Waals surface area contributed by atoms with E-state index >= 15 is 0 Å². The summed E-state index contributed by atoms with van der Waals surface area (Å²) in [6.45, 7) is 6.37. The van der Waals surface area contributed by atoms with Crippen LogP contribution in [0.1, 0.15) is 23.6 Å². The highest BCUT2D eigenvalue weighted by Crippen LogP contribution is 2.16. The molecular formula is C22H27NO5. The Morgan fingerprint density at radius 2 is 1.57 bits per heavy atom. The first-order chi connectivity index (χ1) is 13.4.